The lowest BCUT2D eigenvalue weighted by atomic mass is 9.69. The average molecular weight is 430 g/mol. The lowest BCUT2D eigenvalue weighted by molar-refractivity contribution is 0.0402. The third-order valence-corrected chi connectivity index (χ3v) is 8.96. The summed E-state index contributed by atoms with van der Waals surface area (Å²) in [6.45, 7) is 2.37. The fraction of sp³-hybridized carbons (Fsp3) is 0.478. The molecule has 1 aliphatic carbocycles. The number of nitrogens with zero attached hydrogens (tertiary/aromatic N) is 1. The van der Waals surface area contributed by atoms with Gasteiger partial charge >= 0.3 is 0 Å². The number of hydrogen-bond acceptors (Lipinski definition) is 5. The quantitative estimate of drug-likeness (QED) is 0.728. The molecule has 3 aliphatic rings. The molecule has 0 N–H and O–H groups in total. The van der Waals surface area contributed by atoms with Gasteiger partial charge in [-0.15, -0.1) is 0 Å². The predicted octanol–water partition coefficient (Wildman–Crippen LogP) is 3.48. The minimum absolute atomic E-state index is 0.0779. The standard InChI is InChI=1S/C23H27NO5S/c1-15-6-9-17(10-7-15)30(25,26)24-14-21-18-5-4-12-23(18,22(24)29-21)16-8-11-19(27-2)20(13-16)28-3/h6-11,13,18,21-22H,4-5,12,14H2,1-3H3/t18-,21-,22-,23+/m0/s1. The van der Waals surface area contributed by atoms with E-state index in [9.17, 15) is 8.42 Å². The van der Waals surface area contributed by atoms with Crippen molar-refractivity contribution in [3.8, 4) is 11.5 Å². The Kier molecular flexibility index (Phi) is 4.61. The highest BCUT2D eigenvalue weighted by Gasteiger charge is 2.67. The molecule has 1 saturated carbocycles. The Labute approximate surface area is 177 Å². The summed E-state index contributed by atoms with van der Waals surface area (Å²) < 4.78 is 45.9. The average Bonchev–Trinajstić information content (AvgIpc) is 3.45. The molecule has 2 bridgehead atoms. The van der Waals surface area contributed by atoms with Crippen molar-refractivity contribution in [2.75, 3.05) is 20.8 Å². The van der Waals surface area contributed by atoms with E-state index in [4.69, 9.17) is 14.2 Å². The minimum atomic E-state index is -3.65. The summed E-state index contributed by atoms with van der Waals surface area (Å²) in [6, 6.07) is 13.0. The van der Waals surface area contributed by atoms with Gasteiger partial charge in [-0.3, -0.25) is 0 Å². The number of sulfonamides is 1. The molecule has 160 valence electrons. The molecule has 5 rings (SSSR count). The second kappa shape index (κ2) is 6.97. The molecular formula is C23H27NO5S. The maximum absolute atomic E-state index is 13.5. The Morgan fingerprint density at radius 1 is 1.07 bits per heavy atom. The van der Waals surface area contributed by atoms with Crippen LogP contribution in [0.25, 0.3) is 0 Å². The van der Waals surface area contributed by atoms with E-state index >= 15 is 0 Å². The van der Waals surface area contributed by atoms with Gasteiger partial charge in [0.15, 0.2) is 11.5 Å². The van der Waals surface area contributed by atoms with E-state index in [2.05, 4.69) is 0 Å². The molecule has 30 heavy (non-hydrogen) atoms. The van der Waals surface area contributed by atoms with Gasteiger partial charge < -0.3 is 14.2 Å². The van der Waals surface area contributed by atoms with E-state index < -0.39 is 16.3 Å². The van der Waals surface area contributed by atoms with Crippen molar-refractivity contribution in [2.45, 2.75) is 48.8 Å². The lowest BCUT2D eigenvalue weighted by Crippen LogP contribution is -2.54. The van der Waals surface area contributed by atoms with Crippen LogP contribution < -0.4 is 9.47 Å². The van der Waals surface area contributed by atoms with Crippen LogP contribution in [-0.2, 0) is 20.2 Å². The second-order valence-corrected chi connectivity index (χ2v) is 10.4. The van der Waals surface area contributed by atoms with Crippen LogP contribution in [0.5, 0.6) is 11.5 Å². The van der Waals surface area contributed by atoms with Crippen molar-refractivity contribution in [2.24, 2.45) is 5.92 Å². The van der Waals surface area contributed by atoms with Gasteiger partial charge in [-0.1, -0.05) is 30.2 Å². The second-order valence-electron chi connectivity index (χ2n) is 8.52. The normalized spacial score (nSPS) is 30.4. The van der Waals surface area contributed by atoms with E-state index in [1.54, 1.807) is 30.7 Å². The van der Waals surface area contributed by atoms with Gasteiger partial charge in [-0.2, -0.15) is 4.31 Å². The first-order valence-electron chi connectivity index (χ1n) is 10.4. The summed E-state index contributed by atoms with van der Waals surface area (Å²) in [5.41, 5.74) is 1.74. The highest BCUT2D eigenvalue weighted by Crippen LogP contribution is 2.61. The summed E-state index contributed by atoms with van der Waals surface area (Å²) in [4.78, 5) is 0.321. The summed E-state index contributed by atoms with van der Waals surface area (Å²) in [7, 11) is -0.410. The molecule has 0 unspecified atom stereocenters. The molecule has 0 spiro atoms. The molecule has 3 fully saturated rings. The maximum Gasteiger partial charge on any atom is 0.245 e. The topological polar surface area (TPSA) is 65.1 Å². The van der Waals surface area contributed by atoms with Crippen LogP contribution in [0.2, 0.25) is 0 Å². The number of ether oxygens (including phenoxy) is 3. The first kappa shape index (κ1) is 19.8. The van der Waals surface area contributed by atoms with E-state index in [1.807, 2.05) is 37.3 Å². The van der Waals surface area contributed by atoms with Gasteiger partial charge in [-0.25, -0.2) is 8.42 Å². The van der Waals surface area contributed by atoms with Crippen molar-refractivity contribution >= 4 is 10.0 Å². The van der Waals surface area contributed by atoms with Crippen LogP contribution in [0.15, 0.2) is 47.4 Å². The summed E-state index contributed by atoms with van der Waals surface area (Å²) in [5.74, 6) is 1.64. The Balaban J connectivity index is 1.58. The highest BCUT2D eigenvalue weighted by atomic mass is 32.2. The monoisotopic (exact) mass is 429 g/mol. The minimum Gasteiger partial charge on any atom is -0.493 e. The summed E-state index contributed by atoms with van der Waals surface area (Å²) in [6.07, 6.45) is 2.43. The third-order valence-electron chi connectivity index (χ3n) is 7.13. The number of rotatable bonds is 5. The van der Waals surface area contributed by atoms with Crippen LogP contribution in [0.4, 0.5) is 0 Å². The van der Waals surface area contributed by atoms with Gasteiger partial charge in [0, 0.05) is 12.0 Å². The van der Waals surface area contributed by atoms with Crippen LogP contribution in [0, 0.1) is 12.8 Å². The molecule has 0 amide bonds. The molecule has 2 aromatic carbocycles. The van der Waals surface area contributed by atoms with Crippen molar-refractivity contribution in [3.63, 3.8) is 0 Å². The Hall–Kier alpha value is -2.09. The van der Waals surface area contributed by atoms with Crippen molar-refractivity contribution in [1.29, 1.82) is 0 Å². The van der Waals surface area contributed by atoms with E-state index in [1.165, 1.54) is 0 Å². The van der Waals surface area contributed by atoms with E-state index in [0.717, 1.165) is 30.4 Å². The molecule has 0 radical (unpaired) electrons. The SMILES string of the molecule is COc1ccc([C@]23CCC[C@H]2[C@@H]2CN(S(=O)(=O)c4ccc(C)cc4)[C@H]3O2)cc1OC. The molecule has 2 aromatic rings. The van der Waals surface area contributed by atoms with E-state index in [0.29, 0.717) is 28.9 Å². The van der Waals surface area contributed by atoms with Crippen LogP contribution in [0.1, 0.15) is 30.4 Å². The van der Waals surface area contributed by atoms with Crippen LogP contribution >= 0.6 is 0 Å². The molecule has 2 aliphatic heterocycles. The molecule has 6 nitrogen and oxygen atoms in total. The van der Waals surface area contributed by atoms with Crippen molar-refractivity contribution in [1.82, 2.24) is 4.31 Å². The third kappa shape index (κ3) is 2.65. The zero-order chi connectivity index (χ0) is 21.1. The number of piperidine rings is 1. The van der Waals surface area contributed by atoms with Crippen LogP contribution in [-0.4, -0.2) is 45.8 Å². The van der Waals surface area contributed by atoms with Gasteiger partial charge in [0.2, 0.25) is 10.0 Å². The summed E-state index contributed by atoms with van der Waals surface area (Å²) >= 11 is 0. The zero-order valence-corrected chi connectivity index (χ0v) is 18.3. The number of methoxy groups -OCH3 is 2. The summed E-state index contributed by atoms with van der Waals surface area (Å²) in [5, 5.41) is 0. The van der Waals surface area contributed by atoms with Gasteiger partial charge in [0.25, 0.3) is 0 Å². The van der Waals surface area contributed by atoms with Gasteiger partial charge in [-0.05, 0) is 55.5 Å². The number of aryl methyl sites for hydroxylation is 1. The van der Waals surface area contributed by atoms with Crippen LogP contribution in [0.3, 0.4) is 0 Å². The largest absolute Gasteiger partial charge is 0.493 e. The first-order chi connectivity index (χ1) is 14.4. The fourth-order valence-electron chi connectivity index (χ4n) is 5.73. The number of benzene rings is 2. The van der Waals surface area contributed by atoms with Crippen molar-refractivity contribution < 1.29 is 22.6 Å². The zero-order valence-electron chi connectivity index (χ0n) is 17.5. The number of fused-ring (bicyclic) bond motifs is 5. The maximum atomic E-state index is 13.5. The molecule has 7 heteroatoms. The highest BCUT2D eigenvalue weighted by molar-refractivity contribution is 7.89. The van der Waals surface area contributed by atoms with Gasteiger partial charge in [0.05, 0.1) is 25.2 Å². The van der Waals surface area contributed by atoms with Gasteiger partial charge in [0.1, 0.15) is 6.23 Å². The molecular weight excluding hydrogens is 402 g/mol. The fourth-order valence-corrected chi connectivity index (χ4v) is 7.31. The number of hydrogen-bond donors (Lipinski definition) is 0. The molecule has 2 heterocycles. The Morgan fingerprint density at radius 3 is 2.50 bits per heavy atom. The Morgan fingerprint density at radius 2 is 1.80 bits per heavy atom. The molecule has 0 aromatic heterocycles. The molecule has 2 saturated heterocycles. The molecule has 4 atom stereocenters. The van der Waals surface area contributed by atoms with E-state index in [-0.39, 0.29) is 11.5 Å². The first-order valence-corrected chi connectivity index (χ1v) is 11.8. The predicted molar refractivity (Wildman–Crippen MR) is 112 cm³/mol. The lowest BCUT2D eigenvalue weighted by Gasteiger charge is -2.42. The Bertz CT molecular complexity index is 1070. The van der Waals surface area contributed by atoms with Crippen molar-refractivity contribution in [3.05, 3.63) is 53.6 Å². The smallest absolute Gasteiger partial charge is 0.245 e.